The maximum absolute atomic E-state index is 4.67. The lowest BCUT2D eigenvalue weighted by molar-refractivity contribution is 0.722. The van der Waals surface area contributed by atoms with Gasteiger partial charge >= 0.3 is 0 Å². The van der Waals surface area contributed by atoms with E-state index in [9.17, 15) is 0 Å². The average Bonchev–Trinajstić information content (AvgIpc) is 2.27. The third-order valence-electron chi connectivity index (χ3n) is 2.78. The Labute approximate surface area is 98.7 Å². The molecule has 0 aliphatic carbocycles. The van der Waals surface area contributed by atoms with Crippen molar-refractivity contribution in [1.29, 1.82) is 0 Å². The van der Waals surface area contributed by atoms with Crippen molar-refractivity contribution in [2.24, 2.45) is 0 Å². The van der Waals surface area contributed by atoms with Crippen molar-refractivity contribution in [3.8, 4) is 0 Å². The highest BCUT2D eigenvalue weighted by molar-refractivity contribution is 5.45. The number of nitrogens with zero attached hydrogens (tertiary/aromatic N) is 2. The summed E-state index contributed by atoms with van der Waals surface area (Å²) in [6.45, 7) is 8.57. The number of hydrogen-bond donors (Lipinski definition) is 1. The van der Waals surface area contributed by atoms with E-state index in [-0.39, 0.29) is 0 Å². The smallest absolute Gasteiger partial charge is 0.133 e. The van der Waals surface area contributed by atoms with Gasteiger partial charge in [0.05, 0.1) is 0 Å². The summed E-state index contributed by atoms with van der Waals surface area (Å²) in [7, 11) is 1.92. The molecule has 1 heterocycles. The molecule has 1 N–H and O–H groups in total. The summed E-state index contributed by atoms with van der Waals surface area (Å²) in [6, 6.07) is 0. The maximum Gasteiger partial charge on any atom is 0.133 e. The number of aryl methyl sites for hydroxylation is 1. The molecule has 90 valence electrons. The van der Waals surface area contributed by atoms with Crippen molar-refractivity contribution < 1.29 is 0 Å². The molecule has 0 aliphatic rings. The fourth-order valence-corrected chi connectivity index (χ4v) is 1.67. The minimum atomic E-state index is 0.382. The second-order valence-electron chi connectivity index (χ2n) is 4.51. The topological polar surface area (TPSA) is 37.8 Å². The molecule has 0 aromatic carbocycles. The van der Waals surface area contributed by atoms with E-state index in [2.05, 4.69) is 43.0 Å². The lowest BCUT2D eigenvalue weighted by Crippen LogP contribution is -2.08. The highest BCUT2D eigenvalue weighted by Crippen LogP contribution is 2.20. The number of hydrogen-bond acceptors (Lipinski definition) is 3. The lowest BCUT2D eigenvalue weighted by Gasteiger charge is -2.13. The molecule has 0 atom stereocenters. The molecular weight excluding hydrogens is 198 g/mol. The van der Waals surface area contributed by atoms with Crippen LogP contribution in [0.15, 0.2) is 0 Å². The van der Waals surface area contributed by atoms with Gasteiger partial charge in [-0.15, -0.1) is 0 Å². The lowest BCUT2D eigenvalue weighted by atomic mass is 10.1. The monoisotopic (exact) mass is 221 g/mol. The van der Waals surface area contributed by atoms with Crippen LogP contribution in [-0.4, -0.2) is 17.0 Å². The van der Waals surface area contributed by atoms with Crippen molar-refractivity contribution in [2.75, 3.05) is 12.4 Å². The summed E-state index contributed by atoms with van der Waals surface area (Å²) in [6.07, 6.45) is 3.45. The minimum absolute atomic E-state index is 0.382. The van der Waals surface area contributed by atoms with Gasteiger partial charge in [-0.1, -0.05) is 27.2 Å². The van der Waals surface area contributed by atoms with Gasteiger partial charge in [0.25, 0.3) is 0 Å². The van der Waals surface area contributed by atoms with Crippen LogP contribution in [0.3, 0.4) is 0 Å². The summed E-state index contributed by atoms with van der Waals surface area (Å²) < 4.78 is 0. The van der Waals surface area contributed by atoms with Crippen LogP contribution in [0.5, 0.6) is 0 Å². The maximum atomic E-state index is 4.67. The van der Waals surface area contributed by atoms with Crippen molar-refractivity contribution in [3.05, 3.63) is 17.1 Å². The number of aromatic nitrogens is 2. The fraction of sp³-hybridized carbons (Fsp3) is 0.692. The zero-order valence-corrected chi connectivity index (χ0v) is 11.1. The van der Waals surface area contributed by atoms with Gasteiger partial charge in [-0.2, -0.15) is 0 Å². The molecule has 0 fully saturated rings. The van der Waals surface area contributed by atoms with Crippen LogP contribution in [0, 0.1) is 6.92 Å². The molecule has 16 heavy (non-hydrogen) atoms. The first-order valence-electron chi connectivity index (χ1n) is 6.15. The van der Waals surface area contributed by atoms with Gasteiger partial charge in [0.15, 0.2) is 0 Å². The normalized spacial score (nSPS) is 10.9. The Morgan fingerprint density at radius 1 is 1.25 bits per heavy atom. The van der Waals surface area contributed by atoms with Crippen molar-refractivity contribution in [3.63, 3.8) is 0 Å². The van der Waals surface area contributed by atoms with E-state index in [0.29, 0.717) is 5.92 Å². The zero-order chi connectivity index (χ0) is 12.1. The minimum Gasteiger partial charge on any atom is -0.373 e. The third-order valence-corrected chi connectivity index (χ3v) is 2.78. The molecular formula is C13H23N3. The predicted octanol–water partition coefficient (Wildman–Crippen LogP) is 3.29. The Kier molecular flexibility index (Phi) is 4.71. The molecule has 0 spiro atoms. The Morgan fingerprint density at radius 3 is 2.44 bits per heavy atom. The van der Waals surface area contributed by atoms with Crippen LogP contribution in [0.4, 0.5) is 5.82 Å². The summed E-state index contributed by atoms with van der Waals surface area (Å²) in [5, 5.41) is 3.16. The van der Waals surface area contributed by atoms with Crippen molar-refractivity contribution in [1.82, 2.24) is 9.97 Å². The molecule has 0 unspecified atom stereocenters. The van der Waals surface area contributed by atoms with Gasteiger partial charge in [-0.3, -0.25) is 0 Å². The van der Waals surface area contributed by atoms with Crippen LogP contribution in [0.2, 0.25) is 0 Å². The summed E-state index contributed by atoms with van der Waals surface area (Å²) in [4.78, 5) is 9.20. The molecule has 0 amide bonds. The molecule has 0 saturated carbocycles. The van der Waals surface area contributed by atoms with Crippen LogP contribution in [0.25, 0.3) is 0 Å². The standard InChI is InChI=1S/C13H23N3/c1-6-7-8-11-10(4)13(14-5)16-12(15-11)9(2)3/h9H,6-8H2,1-5H3,(H,14,15,16). The molecule has 1 rings (SSSR count). The second kappa shape index (κ2) is 5.83. The molecule has 3 heteroatoms. The van der Waals surface area contributed by atoms with Gasteiger partial charge in [-0.05, 0) is 19.8 Å². The van der Waals surface area contributed by atoms with Gasteiger partial charge < -0.3 is 5.32 Å². The van der Waals surface area contributed by atoms with Crippen LogP contribution >= 0.6 is 0 Å². The molecule has 0 aliphatic heterocycles. The van der Waals surface area contributed by atoms with E-state index in [0.717, 1.165) is 18.1 Å². The third kappa shape index (κ3) is 2.94. The van der Waals surface area contributed by atoms with Gasteiger partial charge in [0.2, 0.25) is 0 Å². The highest BCUT2D eigenvalue weighted by atomic mass is 15.0. The molecule has 0 saturated heterocycles. The van der Waals surface area contributed by atoms with E-state index >= 15 is 0 Å². The molecule has 3 nitrogen and oxygen atoms in total. The summed E-state index contributed by atoms with van der Waals surface area (Å²) in [5.41, 5.74) is 2.39. The highest BCUT2D eigenvalue weighted by Gasteiger charge is 2.11. The number of nitrogens with one attached hydrogen (secondary N) is 1. The Balaban J connectivity index is 3.08. The van der Waals surface area contributed by atoms with E-state index in [1.165, 1.54) is 24.1 Å². The summed E-state index contributed by atoms with van der Waals surface area (Å²) >= 11 is 0. The first kappa shape index (κ1) is 12.9. The first-order chi connectivity index (χ1) is 7.60. The van der Waals surface area contributed by atoms with Gasteiger partial charge in [-0.25, -0.2) is 9.97 Å². The Bertz CT molecular complexity index is 345. The quantitative estimate of drug-likeness (QED) is 0.829. The Hall–Kier alpha value is -1.12. The van der Waals surface area contributed by atoms with E-state index in [1.807, 2.05) is 7.05 Å². The second-order valence-corrected chi connectivity index (χ2v) is 4.51. The summed E-state index contributed by atoms with van der Waals surface area (Å²) in [5.74, 6) is 2.30. The number of rotatable bonds is 5. The van der Waals surface area contributed by atoms with E-state index in [1.54, 1.807) is 0 Å². The number of anilines is 1. The predicted molar refractivity (Wildman–Crippen MR) is 69.0 cm³/mol. The van der Waals surface area contributed by atoms with Crippen LogP contribution < -0.4 is 5.32 Å². The van der Waals surface area contributed by atoms with Gasteiger partial charge in [0, 0.05) is 24.2 Å². The molecule has 1 aromatic rings. The largest absolute Gasteiger partial charge is 0.373 e. The van der Waals surface area contributed by atoms with E-state index in [4.69, 9.17) is 0 Å². The molecule has 0 radical (unpaired) electrons. The van der Waals surface area contributed by atoms with Crippen LogP contribution in [-0.2, 0) is 6.42 Å². The Morgan fingerprint density at radius 2 is 1.94 bits per heavy atom. The average molecular weight is 221 g/mol. The molecule has 1 aromatic heterocycles. The van der Waals surface area contributed by atoms with E-state index < -0.39 is 0 Å². The van der Waals surface area contributed by atoms with Crippen molar-refractivity contribution >= 4 is 5.82 Å². The van der Waals surface area contributed by atoms with Gasteiger partial charge in [0.1, 0.15) is 11.6 Å². The SMILES string of the molecule is CCCCc1nc(C(C)C)nc(NC)c1C. The first-order valence-corrected chi connectivity index (χ1v) is 6.15. The fourth-order valence-electron chi connectivity index (χ4n) is 1.67. The van der Waals surface area contributed by atoms with Crippen LogP contribution in [0.1, 0.15) is 56.6 Å². The zero-order valence-electron chi connectivity index (χ0n) is 11.1. The van der Waals surface area contributed by atoms with Crippen molar-refractivity contribution in [2.45, 2.75) is 52.9 Å². The number of unbranched alkanes of at least 4 members (excludes halogenated alkanes) is 1. The molecule has 0 bridgehead atoms.